The van der Waals surface area contributed by atoms with Crippen LogP contribution < -0.4 is 9.62 Å². The van der Waals surface area contributed by atoms with Crippen LogP contribution in [0.4, 0.5) is 5.69 Å². The highest BCUT2D eigenvalue weighted by atomic mass is 32.2. The van der Waals surface area contributed by atoms with E-state index >= 15 is 0 Å². The second-order valence-corrected chi connectivity index (χ2v) is 11.8. The zero-order valence-corrected chi connectivity index (χ0v) is 24.3. The summed E-state index contributed by atoms with van der Waals surface area (Å²) >= 11 is 0. The quantitative estimate of drug-likeness (QED) is 0.339. The second-order valence-electron chi connectivity index (χ2n) is 9.90. The number of hydrogen-bond donors (Lipinski definition) is 1. The highest BCUT2D eigenvalue weighted by Crippen LogP contribution is 2.27. The number of aryl methyl sites for hydroxylation is 3. The van der Waals surface area contributed by atoms with E-state index in [0.29, 0.717) is 18.7 Å². The largest absolute Gasteiger partial charge is 0.354 e. The average Bonchev–Trinajstić information content (AvgIpc) is 2.90. The Morgan fingerprint density at radius 2 is 1.51 bits per heavy atom. The van der Waals surface area contributed by atoms with Gasteiger partial charge in [0.2, 0.25) is 11.8 Å². The number of nitrogens with zero attached hydrogens (tertiary/aromatic N) is 2. The van der Waals surface area contributed by atoms with Crippen molar-refractivity contribution >= 4 is 27.5 Å². The zero-order valence-electron chi connectivity index (χ0n) is 23.5. The first-order valence-electron chi connectivity index (χ1n) is 13.4. The van der Waals surface area contributed by atoms with Crippen molar-refractivity contribution in [3.8, 4) is 0 Å². The maximum Gasteiger partial charge on any atom is 0.264 e. The highest BCUT2D eigenvalue weighted by Gasteiger charge is 2.33. The van der Waals surface area contributed by atoms with Gasteiger partial charge in [-0.15, -0.1) is 0 Å². The molecule has 0 saturated heterocycles. The minimum Gasteiger partial charge on any atom is -0.354 e. The Kier molecular flexibility index (Phi) is 10.3. The molecule has 1 N–H and O–H groups in total. The predicted octanol–water partition coefficient (Wildman–Crippen LogP) is 5.14. The third kappa shape index (κ3) is 7.69. The molecule has 39 heavy (non-hydrogen) atoms. The fraction of sp³-hybridized carbons (Fsp3) is 0.355. The number of benzene rings is 3. The van der Waals surface area contributed by atoms with Gasteiger partial charge in [-0.3, -0.25) is 13.9 Å². The van der Waals surface area contributed by atoms with Crippen molar-refractivity contribution in [3.63, 3.8) is 0 Å². The molecule has 0 aliphatic rings. The lowest BCUT2D eigenvalue weighted by Gasteiger charge is -2.33. The van der Waals surface area contributed by atoms with E-state index < -0.39 is 28.5 Å². The molecule has 0 heterocycles. The molecular weight excluding hydrogens is 510 g/mol. The van der Waals surface area contributed by atoms with Crippen LogP contribution in [0.15, 0.2) is 77.7 Å². The summed E-state index contributed by atoms with van der Waals surface area (Å²) in [5, 5.41) is 2.91. The summed E-state index contributed by atoms with van der Waals surface area (Å²) in [5.74, 6) is -0.696. The lowest BCUT2D eigenvalue weighted by Crippen LogP contribution is -2.52. The lowest BCUT2D eigenvalue weighted by atomic mass is 10.1. The Labute approximate surface area is 232 Å². The summed E-state index contributed by atoms with van der Waals surface area (Å²) < 4.78 is 29.0. The number of anilines is 1. The van der Waals surface area contributed by atoms with Gasteiger partial charge in [-0.25, -0.2) is 8.42 Å². The molecule has 7 nitrogen and oxygen atoms in total. The first-order chi connectivity index (χ1) is 18.6. The van der Waals surface area contributed by atoms with Gasteiger partial charge >= 0.3 is 0 Å². The Hall–Kier alpha value is -3.65. The van der Waals surface area contributed by atoms with Crippen LogP contribution in [0.2, 0.25) is 0 Å². The zero-order chi connectivity index (χ0) is 28.6. The fourth-order valence-corrected chi connectivity index (χ4v) is 6.05. The maximum atomic E-state index is 14.1. The molecule has 3 aromatic rings. The standard InChI is InChI=1S/C31H39N3O4S/c1-6-16-32-31(36)29(7-2)33(21-26-13-11-12-23(3)18-26)30(35)22-34(27-19-24(4)17-25(5)20-27)39(37,38)28-14-9-8-10-15-28/h8-15,17-20,29H,6-7,16,21-22H2,1-5H3,(H,32,36)/t29-/m1/s1. The van der Waals surface area contributed by atoms with Crippen molar-refractivity contribution in [2.45, 2.75) is 64.9 Å². The molecule has 3 aromatic carbocycles. The minimum absolute atomic E-state index is 0.0925. The number of rotatable bonds is 12. The van der Waals surface area contributed by atoms with Crippen molar-refractivity contribution in [2.75, 3.05) is 17.4 Å². The van der Waals surface area contributed by atoms with E-state index in [-0.39, 0.29) is 17.3 Å². The molecule has 0 radical (unpaired) electrons. The Balaban J connectivity index is 2.07. The fourth-order valence-electron chi connectivity index (χ4n) is 4.64. The maximum absolute atomic E-state index is 14.1. The third-order valence-corrected chi connectivity index (χ3v) is 8.26. The number of hydrogen-bond acceptors (Lipinski definition) is 4. The van der Waals surface area contributed by atoms with E-state index in [0.717, 1.165) is 33.0 Å². The molecule has 8 heteroatoms. The van der Waals surface area contributed by atoms with Crippen LogP contribution in [0, 0.1) is 20.8 Å². The van der Waals surface area contributed by atoms with Gasteiger partial charge < -0.3 is 10.2 Å². The van der Waals surface area contributed by atoms with Gasteiger partial charge in [-0.05, 0) is 74.6 Å². The molecule has 0 aliphatic carbocycles. The van der Waals surface area contributed by atoms with Crippen LogP contribution in [0.25, 0.3) is 0 Å². The molecule has 0 saturated carbocycles. The van der Waals surface area contributed by atoms with Crippen molar-refractivity contribution < 1.29 is 18.0 Å². The number of nitrogens with one attached hydrogen (secondary N) is 1. The van der Waals surface area contributed by atoms with E-state index in [4.69, 9.17) is 0 Å². The smallest absolute Gasteiger partial charge is 0.264 e. The highest BCUT2D eigenvalue weighted by molar-refractivity contribution is 7.92. The average molecular weight is 550 g/mol. The van der Waals surface area contributed by atoms with Crippen LogP contribution >= 0.6 is 0 Å². The molecule has 0 aromatic heterocycles. The predicted molar refractivity (Wildman–Crippen MR) is 156 cm³/mol. The molecule has 0 spiro atoms. The van der Waals surface area contributed by atoms with Crippen molar-refractivity contribution in [2.24, 2.45) is 0 Å². The lowest BCUT2D eigenvalue weighted by molar-refractivity contribution is -0.140. The summed E-state index contributed by atoms with van der Waals surface area (Å²) in [7, 11) is -4.08. The topological polar surface area (TPSA) is 86.8 Å². The molecule has 0 fully saturated rings. The van der Waals surface area contributed by atoms with Crippen LogP contribution in [0.3, 0.4) is 0 Å². The van der Waals surface area contributed by atoms with Gasteiger partial charge in [-0.1, -0.05) is 67.9 Å². The van der Waals surface area contributed by atoms with E-state index in [1.807, 2.05) is 65.0 Å². The molecule has 2 amide bonds. The van der Waals surface area contributed by atoms with Gasteiger partial charge in [0, 0.05) is 13.1 Å². The molecule has 3 rings (SSSR count). The van der Waals surface area contributed by atoms with Crippen LogP contribution in [0.1, 0.15) is 48.9 Å². The number of amides is 2. The van der Waals surface area contributed by atoms with Gasteiger partial charge in [-0.2, -0.15) is 0 Å². The summed E-state index contributed by atoms with van der Waals surface area (Å²) in [6, 6.07) is 20.6. The van der Waals surface area contributed by atoms with E-state index in [9.17, 15) is 18.0 Å². The van der Waals surface area contributed by atoms with Crippen molar-refractivity contribution in [1.29, 1.82) is 0 Å². The number of carbonyl (C=O) groups is 2. The first kappa shape index (κ1) is 29.9. The van der Waals surface area contributed by atoms with E-state index in [1.165, 1.54) is 17.0 Å². The van der Waals surface area contributed by atoms with Gasteiger partial charge in [0.15, 0.2) is 0 Å². The first-order valence-corrected chi connectivity index (χ1v) is 14.8. The van der Waals surface area contributed by atoms with Crippen LogP contribution in [-0.2, 0) is 26.2 Å². The van der Waals surface area contributed by atoms with E-state index in [2.05, 4.69) is 5.32 Å². The summed E-state index contributed by atoms with van der Waals surface area (Å²) in [6.45, 7) is 9.81. The third-order valence-electron chi connectivity index (χ3n) is 6.48. The monoisotopic (exact) mass is 549 g/mol. The minimum atomic E-state index is -4.08. The summed E-state index contributed by atoms with van der Waals surface area (Å²) in [6.07, 6.45) is 1.16. The molecule has 0 unspecified atom stereocenters. The Bertz CT molecular complexity index is 1370. The summed E-state index contributed by atoms with van der Waals surface area (Å²) in [5.41, 5.74) is 4.07. The molecule has 0 aliphatic heterocycles. The van der Waals surface area contributed by atoms with Gasteiger partial charge in [0.05, 0.1) is 10.6 Å². The van der Waals surface area contributed by atoms with Gasteiger partial charge in [0.1, 0.15) is 12.6 Å². The number of sulfonamides is 1. The molecule has 208 valence electrons. The van der Waals surface area contributed by atoms with Crippen LogP contribution in [0.5, 0.6) is 0 Å². The number of carbonyl (C=O) groups excluding carboxylic acids is 2. The second kappa shape index (κ2) is 13.4. The molecular formula is C31H39N3O4S. The normalized spacial score (nSPS) is 12.0. The van der Waals surface area contributed by atoms with Gasteiger partial charge in [0.25, 0.3) is 10.0 Å². The Morgan fingerprint density at radius 3 is 2.10 bits per heavy atom. The van der Waals surface area contributed by atoms with Crippen molar-refractivity contribution in [1.82, 2.24) is 10.2 Å². The molecule has 0 bridgehead atoms. The molecule has 1 atom stereocenters. The summed E-state index contributed by atoms with van der Waals surface area (Å²) in [4.78, 5) is 28.8. The van der Waals surface area contributed by atoms with E-state index in [1.54, 1.807) is 30.3 Å². The SMILES string of the molecule is CCCNC(=O)[C@@H](CC)N(Cc1cccc(C)c1)C(=O)CN(c1cc(C)cc(C)c1)S(=O)(=O)c1ccccc1. The van der Waals surface area contributed by atoms with Crippen LogP contribution in [-0.4, -0.2) is 44.3 Å². The van der Waals surface area contributed by atoms with Crippen molar-refractivity contribution in [3.05, 3.63) is 95.1 Å². The Morgan fingerprint density at radius 1 is 0.846 bits per heavy atom.